The van der Waals surface area contributed by atoms with Crippen LogP contribution in [0.4, 0.5) is 0 Å². The van der Waals surface area contributed by atoms with Crippen molar-refractivity contribution >= 4 is 5.78 Å². The number of nitrogens with two attached hydrogens (primary N) is 1. The molecule has 92 valence electrons. The first kappa shape index (κ1) is 12.1. The lowest BCUT2D eigenvalue weighted by Crippen LogP contribution is -2.35. The fraction of sp³-hybridized carbons (Fsp3) is 0.929. The molecule has 2 fully saturated rings. The van der Waals surface area contributed by atoms with E-state index in [0.29, 0.717) is 17.6 Å². The summed E-state index contributed by atoms with van der Waals surface area (Å²) in [6.07, 6.45) is 9.07. The van der Waals surface area contributed by atoms with Gasteiger partial charge in [-0.25, -0.2) is 0 Å². The van der Waals surface area contributed by atoms with Gasteiger partial charge < -0.3 is 5.73 Å². The summed E-state index contributed by atoms with van der Waals surface area (Å²) < 4.78 is 0. The Balaban J connectivity index is 1.86. The van der Waals surface area contributed by atoms with Crippen LogP contribution < -0.4 is 5.73 Å². The van der Waals surface area contributed by atoms with Crippen molar-refractivity contribution in [1.82, 2.24) is 0 Å². The molecule has 2 N–H and O–H groups in total. The molecule has 2 rings (SSSR count). The smallest absolute Gasteiger partial charge is 0.139 e. The van der Waals surface area contributed by atoms with Crippen molar-refractivity contribution in [3.05, 3.63) is 0 Å². The molecule has 16 heavy (non-hydrogen) atoms. The quantitative estimate of drug-likeness (QED) is 0.782. The molecule has 0 aromatic carbocycles. The maximum absolute atomic E-state index is 12.3. The minimum Gasteiger partial charge on any atom is -0.328 e. The average molecular weight is 223 g/mol. The molecule has 0 heterocycles. The van der Waals surface area contributed by atoms with E-state index in [4.69, 9.17) is 5.73 Å². The topological polar surface area (TPSA) is 43.1 Å². The van der Waals surface area contributed by atoms with E-state index in [2.05, 4.69) is 6.92 Å². The second-order valence-electron chi connectivity index (χ2n) is 5.98. The third-order valence-corrected chi connectivity index (χ3v) is 4.54. The monoisotopic (exact) mass is 223 g/mol. The van der Waals surface area contributed by atoms with Gasteiger partial charge in [0.15, 0.2) is 0 Å². The van der Waals surface area contributed by atoms with Crippen molar-refractivity contribution in [3.8, 4) is 0 Å². The first-order valence-corrected chi connectivity index (χ1v) is 6.96. The van der Waals surface area contributed by atoms with E-state index in [1.807, 2.05) is 0 Å². The summed E-state index contributed by atoms with van der Waals surface area (Å²) in [5.41, 5.74) is 5.96. The summed E-state index contributed by atoms with van der Waals surface area (Å²) in [6.45, 7) is 2.30. The van der Waals surface area contributed by atoms with Gasteiger partial charge in [0.2, 0.25) is 0 Å². The zero-order valence-corrected chi connectivity index (χ0v) is 10.5. The first-order chi connectivity index (χ1) is 7.66. The fourth-order valence-corrected chi connectivity index (χ4v) is 3.36. The van der Waals surface area contributed by atoms with E-state index in [-0.39, 0.29) is 6.04 Å². The minimum absolute atomic E-state index is 0.283. The van der Waals surface area contributed by atoms with Crippen LogP contribution in [-0.2, 0) is 4.79 Å². The molecule has 0 spiro atoms. The number of hydrogen-bond acceptors (Lipinski definition) is 2. The molecule has 0 aromatic rings. The van der Waals surface area contributed by atoms with Crippen LogP contribution in [-0.4, -0.2) is 11.8 Å². The van der Waals surface area contributed by atoms with Crippen LogP contribution in [0.1, 0.15) is 58.3 Å². The first-order valence-electron chi connectivity index (χ1n) is 6.96. The predicted octanol–water partition coefficient (Wildman–Crippen LogP) is 2.90. The highest BCUT2D eigenvalue weighted by Gasteiger charge is 2.32. The molecule has 0 saturated heterocycles. The van der Waals surface area contributed by atoms with Gasteiger partial charge in [0, 0.05) is 17.9 Å². The standard InChI is InChI=1S/C14H25NO/c1-10-5-7-11(8-6-10)14(16)12-3-2-4-13(15)9-12/h10-13H,2-9,15H2,1H3. The van der Waals surface area contributed by atoms with Crippen LogP contribution in [0.25, 0.3) is 0 Å². The molecule has 2 atom stereocenters. The zero-order chi connectivity index (χ0) is 11.5. The second kappa shape index (κ2) is 5.31. The lowest BCUT2D eigenvalue weighted by Gasteiger charge is -2.31. The maximum atomic E-state index is 12.3. The Morgan fingerprint density at radius 3 is 2.31 bits per heavy atom. The minimum atomic E-state index is 0.283. The number of carbonyl (C=O) groups excluding carboxylic acids is 1. The van der Waals surface area contributed by atoms with Crippen LogP contribution in [0.5, 0.6) is 0 Å². The Morgan fingerprint density at radius 2 is 1.69 bits per heavy atom. The van der Waals surface area contributed by atoms with Crippen molar-refractivity contribution in [1.29, 1.82) is 0 Å². The summed E-state index contributed by atoms with van der Waals surface area (Å²) in [4.78, 5) is 12.3. The van der Waals surface area contributed by atoms with Gasteiger partial charge in [0.1, 0.15) is 5.78 Å². The fourth-order valence-electron chi connectivity index (χ4n) is 3.36. The molecule has 0 aliphatic heterocycles. The summed E-state index contributed by atoms with van der Waals surface area (Å²) in [6, 6.07) is 0.283. The Labute approximate surface area is 99.0 Å². The van der Waals surface area contributed by atoms with Crippen molar-refractivity contribution in [2.75, 3.05) is 0 Å². The Morgan fingerprint density at radius 1 is 1.00 bits per heavy atom. The second-order valence-corrected chi connectivity index (χ2v) is 5.98. The van der Waals surface area contributed by atoms with Gasteiger partial charge in [-0.2, -0.15) is 0 Å². The van der Waals surface area contributed by atoms with Gasteiger partial charge in [-0.05, 0) is 38.0 Å². The van der Waals surface area contributed by atoms with Crippen LogP contribution >= 0.6 is 0 Å². The van der Waals surface area contributed by atoms with Crippen LogP contribution in [0, 0.1) is 17.8 Å². The Bertz CT molecular complexity index is 243. The van der Waals surface area contributed by atoms with Crippen LogP contribution in [0.3, 0.4) is 0 Å². The molecule has 0 bridgehead atoms. The van der Waals surface area contributed by atoms with Crippen LogP contribution in [0.2, 0.25) is 0 Å². The number of ketones is 1. The van der Waals surface area contributed by atoms with E-state index in [1.165, 1.54) is 12.8 Å². The maximum Gasteiger partial charge on any atom is 0.139 e. The van der Waals surface area contributed by atoms with Gasteiger partial charge in [-0.1, -0.05) is 26.2 Å². The molecule has 0 amide bonds. The molecule has 0 radical (unpaired) electrons. The molecular formula is C14H25NO. The van der Waals surface area contributed by atoms with Gasteiger partial charge in [-0.3, -0.25) is 4.79 Å². The van der Waals surface area contributed by atoms with E-state index in [0.717, 1.165) is 44.4 Å². The number of rotatable bonds is 2. The third kappa shape index (κ3) is 2.85. The highest BCUT2D eigenvalue weighted by atomic mass is 16.1. The number of hydrogen-bond donors (Lipinski definition) is 1. The van der Waals surface area contributed by atoms with Gasteiger partial charge in [-0.15, -0.1) is 0 Å². The van der Waals surface area contributed by atoms with Crippen molar-refractivity contribution < 1.29 is 4.79 Å². The molecule has 2 heteroatoms. The third-order valence-electron chi connectivity index (χ3n) is 4.54. The number of carbonyl (C=O) groups is 1. The normalized spacial score (nSPS) is 40.6. The molecular weight excluding hydrogens is 198 g/mol. The van der Waals surface area contributed by atoms with E-state index < -0.39 is 0 Å². The molecule has 2 aliphatic carbocycles. The largest absolute Gasteiger partial charge is 0.328 e. The van der Waals surface area contributed by atoms with Gasteiger partial charge in [0.05, 0.1) is 0 Å². The summed E-state index contributed by atoms with van der Waals surface area (Å²) in [5.74, 6) is 2.04. The average Bonchev–Trinajstić information content (AvgIpc) is 2.29. The molecule has 2 unspecified atom stereocenters. The lowest BCUT2D eigenvalue weighted by molar-refractivity contribution is -0.129. The molecule has 2 saturated carbocycles. The molecule has 2 aliphatic rings. The van der Waals surface area contributed by atoms with Crippen molar-refractivity contribution in [2.45, 2.75) is 64.3 Å². The van der Waals surface area contributed by atoms with E-state index >= 15 is 0 Å². The molecule has 2 nitrogen and oxygen atoms in total. The SMILES string of the molecule is CC1CCC(C(=O)C2CCCC(N)C2)CC1. The van der Waals surface area contributed by atoms with Crippen LogP contribution in [0.15, 0.2) is 0 Å². The lowest BCUT2D eigenvalue weighted by atomic mass is 9.74. The van der Waals surface area contributed by atoms with Crippen molar-refractivity contribution in [2.24, 2.45) is 23.5 Å². The van der Waals surface area contributed by atoms with E-state index in [9.17, 15) is 4.79 Å². The summed E-state index contributed by atoms with van der Waals surface area (Å²) in [5, 5.41) is 0. The van der Waals surface area contributed by atoms with Crippen molar-refractivity contribution in [3.63, 3.8) is 0 Å². The number of Topliss-reactive ketones (excluding diaryl/α,β-unsaturated/α-hetero) is 1. The van der Waals surface area contributed by atoms with Gasteiger partial charge >= 0.3 is 0 Å². The Kier molecular flexibility index (Phi) is 4.01. The zero-order valence-electron chi connectivity index (χ0n) is 10.5. The predicted molar refractivity (Wildman–Crippen MR) is 66.1 cm³/mol. The van der Waals surface area contributed by atoms with E-state index in [1.54, 1.807) is 0 Å². The highest BCUT2D eigenvalue weighted by molar-refractivity contribution is 5.83. The summed E-state index contributed by atoms with van der Waals surface area (Å²) >= 11 is 0. The Hall–Kier alpha value is -0.370. The summed E-state index contributed by atoms with van der Waals surface area (Å²) in [7, 11) is 0. The van der Waals surface area contributed by atoms with Gasteiger partial charge in [0.25, 0.3) is 0 Å². The highest BCUT2D eigenvalue weighted by Crippen LogP contribution is 2.34. The molecule has 0 aromatic heterocycles.